The number of rotatable bonds is 5. The lowest BCUT2D eigenvalue weighted by atomic mass is 9.82. The molecule has 11 aromatic rings. The minimum Gasteiger partial charge on any atom is -0.455 e. The van der Waals surface area contributed by atoms with Crippen LogP contribution in [-0.2, 0) is 5.41 Å². The van der Waals surface area contributed by atoms with E-state index in [1.165, 1.54) is 22.3 Å². The van der Waals surface area contributed by atoms with E-state index < -0.39 is 0 Å². The van der Waals surface area contributed by atoms with E-state index in [2.05, 4.69) is 164 Å². The average molecular weight is 758 g/mol. The van der Waals surface area contributed by atoms with Crippen LogP contribution in [0.3, 0.4) is 0 Å². The first-order chi connectivity index (χ1) is 28.9. The van der Waals surface area contributed by atoms with Crippen LogP contribution in [0.2, 0.25) is 0 Å². The molecule has 1 aliphatic carbocycles. The Morgan fingerprint density at radius 3 is 1.95 bits per heavy atom. The zero-order valence-electron chi connectivity index (χ0n) is 32.4. The van der Waals surface area contributed by atoms with Gasteiger partial charge in [0.2, 0.25) is 0 Å². The Bertz CT molecular complexity index is 3570. The summed E-state index contributed by atoms with van der Waals surface area (Å²) in [5, 5.41) is 21.8. The van der Waals surface area contributed by atoms with Crippen LogP contribution in [0.1, 0.15) is 30.5 Å². The molecule has 1 N–H and O–H groups in total. The van der Waals surface area contributed by atoms with Crippen molar-refractivity contribution in [3.63, 3.8) is 0 Å². The van der Waals surface area contributed by atoms with Gasteiger partial charge < -0.3 is 19.1 Å². The summed E-state index contributed by atoms with van der Waals surface area (Å²) in [4.78, 5) is 2.34. The molecule has 2 heterocycles. The predicted octanol–water partition coefficient (Wildman–Crippen LogP) is 15.2. The molecule has 5 nitrogen and oxygen atoms in total. The summed E-state index contributed by atoms with van der Waals surface area (Å²) in [6, 6.07) is 62.2. The summed E-state index contributed by atoms with van der Waals surface area (Å²) in [5.74, 6) is 0. The van der Waals surface area contributed by atoms with Gasteiger partial charge in [0.1, 0.15) is 22.8 Å². The number of hydrogen-bond acceptors (Lipinski definition) is 5. The number of nitriles is 1. The maximum atomic E-state index is 10.4. The molecule has 278 valence electrons. The van der Waals surface area contributed by atoms with Crippen LogP contribution in [0.4, 0.5) is 28.4 Å². The summed E-state index contributed by atoms with van der Waals surface area (Å²) < 4.78 is 13.3. The van der Waals surface area contributed by atoms with Crippen molar-refractivity contribution < 1.29 is 8.83 Å². The number of anilines is 5. The zero-order valence-corrected chi connectivity index (χ0v) is 32.4. The van der Waals surface area contributed by atoms with Crippen molar-refractivity contribution in [1.82, 2.24) is 0 Å². The molecule has 59 heavy (non-hydrogen) atoms. The molecule has 1 aliphatic rings. The number of nitrogens with one attached hydrogen (secondary N) is 1. The van der Waals surface area contributed by atoms with Gasteiger partial charge in [-0.2, -0.15) is 5.26 Å². The van der Waals surface area contributed by atoms with Gasteiger partial charge >= 0.3 is 0 Å². The van der Waals surface area contributed by atoms with E-state index in [0.717, 1.165) is 82.7 Å². The maximum absolute atomic E-state index is 10.4. The van der Waals surface area contributed by atoms with Gasteiger partial charge in [-0.1, -0.05) is 92.7 Å². The molecule has 0 saturated carbocycles. The second-order valence-corrected chi connectivity index (χ2v) is 16.2. The van der Waals surface area contributed by atoms with E-state index in [1.807, 2.05) is 36.4 Å². The van der Waals surface area contributed by atoms with Crippen LogP contribution in [0.25, 0.3) is 76.5 Å². The van der Waals surface area contributed by atoms with E-state index >= 15 is 0 Å². The first-order valence-electron chi connectivity index (χ1n) is 20.0. The quantitative estimate of drug-likeness (QED) is 0.189. The molecule has 2 aromatic heterocycles. The van der Waals surface area contributed by atoms with Crippen molar-refractivity contribution >= 4 is 93.9 Å². The van der Waals surface area contributed by atoms with Crippen LogP contribution >= 0.6 is 0 Å². The summed E-state index contributed by atoms with van der Waals surface area (Å²) >= 11 is 0. The number of hydrogen-bond donors (Lipinski definition) is 1. The normalized spacial score (nSPS) is 13.0. The minimum atomic E-state index is -0.0660. The molecule has 9 aromatic carbocycles. The average Bonchev–Trinajstić information content (AvgIpc) is 3.89. The Kier molecular flexibility index (Phi) is 6.98. The van der Waals surface area contributed by atoms with Crippen molar-refractivity contribution in [3.05, 3.63) is 187 Å². The highest BCUT2D eigenvalue weighted by Gasteiger charge is 2.35. The highest BCUT2D eigenvalue weighted by Crippen LogP contribution is 2.51. The fraction of sp³-hybridized carbons (Fsp3) is 0.0556. The number of furan rings is 2. The van der Waals surface area contributed by atoms with E-state index in [4.69, 9.17) is 8.83 Å². The molecule has 0 bridgehead atoms. The fourth-order valence-corrected chi connectivity index (χ4v) is 9.50. The Morgan fingerprint density at radius 2 is 1.14 bits per heavy atom. The fourth-order valence-electron chi connectivity index (χ4n) is 9.50. The monoisotopic (exact) mass is 757 g/mol. The van der Waals surface area contributed by atoms with Crippen molar-refractivity contribution in [2.45, 2.75) is 19.3 Å². The Labute approximate surface area is 339 Å². The molecule has 0 unspecified atom stereocenters. The van der Waals surface area contributed by atoms with Crippen LogP contribution in [0.5, 0.6) is 0 Å². The SMILES string of the molecule is CC1(C)c2ccccc2-c2cc(N(c3ccccc3)c3ccc4cc5c(cc4c3)oc3c5cc(C#N)c4oc5cc6cc(Nc7ccccc7)ccc6cc5c43)ccc21. The molecule has 0 radical (unpaired) electrons. The summed E-state index contributed by atoms with van der Waals surface area (Å²) in [6.07, 6.45) is 0. The van der Waals surface area contributed by atoms with E-state index in [9.17, 15) is 5.26 Å². The lowest BCUT2D eigenvalue weighted by Gasteiger charge is -2.27. The van der Waals surface area contributed by atoms with E-state index in [-0.39, 0.29) is 5.41 Å². The van der Waals surface area contributed by atoms with Gasteiger partial charge in [-0.05, 0) is 135 Å². The molecular weight excluding hydrogens is 723 g/mol. The van der Waals surface area contributed by atoms with Crippen LogP contribution < -0.4 is 10.2 Å². The molecular formula is C54H35N3O2. The topological polar surface area (TPSA) is 65.3 Å². The maximum Gasteiger partial charge on any atom is 0.156 e. The van der Waals surface area contributed by atoms with Crippen molar-refractivity contribution in [3.8, 4) is 17.2 Å². The highest BCUT2D eigenvalue weighted by atomic mass is 16.3. The summed E-state index contributed by atoms with van der Waals surface area (Å²) in [7, 11) is 0. The highest BCUT2D eigenvalue weighted by molar-refractivity contribution is 6.25. The lowest BCUT2D eigenvalue weighted by molar-refractivity contribution is 0.660. The largest absolute Gasteiger partial charge is 0.455 e. The molecule has 0 fully saturated rings. The molecule has 0 atom stereocenters. The van der Waals surface area contributed by atoms with Gasteiger partial charge in [-0.15, -0.1) is 0 Å². The summed E-state index contributed by atoms with van der Waals surface area (Å²) in [6.45, 7) is 4.63. The molecule has 5 heteroatoms. The third kappa shape index (κ3) is 5.03. The standard InChI is InChI=1S/C54H35N3O2/c1-54(2)47-16-10-9-15-42(47)43-30-41(21-22-48(43)54)57(39-13-7-4-8-14-39)40-20-18-33-25-44-45-27-36(31-55)52-51(53(45)59-49(44)29-35(33)24-40)46-26-32-17-19-38(23-34(32)28-50(46)58-52)56-37-11-5-3-6-12-37/h3-30,56H,1-2H3. The van der Waals surface area contributed by atoms with E-state index in [0.29, 0.717) is 16.7 Å². The minimum absolute atomic E-state index is 0.0660. The Balaban J connectivity index is 1.00. The van der Waals surface area contributed by atoms with Gasteiger partial charge in [0.05, 0.1) is 10.9 Å². The zero-order chi connectivity index (χ0) is 39.4. The van der Waals surface area contributed by atoms with Crippen molar-refractivity contribution in [2.75, 3.05) is 10.2 Å². The van der Waals surface area contributed by atoms with Crippen molar-refractivity contribution in [1.29, 1.82) is 5.26 Å². The Morgan fingerprint density at radius 1 is 0.492 bits per heavy atom. The van der Waals surface area contributed by atoms with Crippen LogP contribution in [-0.4, -0.2) is 0 Å². The number of fused-ring (bicyclic) bond motifs is 12. The molecule has 0 aliphatic heterocycles. The second-order valence-electron chi connectivity index (χ2n) is 16.2. The van der Waals surface area contributed by atoms with Crippen LogP contribution in [0.15, 0.2) is 179 Å². The Hall–Kier alpha value is -7.81. The van der Waals surface area contributed by atoms with E-state index in [1.54, 1.807) is 0 Å². The second kappa shape index (κ2) is 12.3. The summed E-state index contributed by atoms with van der Waals surface area (Å²) in [5.41, 5.74) is 13.7. The third-order valence-electron chi connectivity index (χ3n) is 12.4. The third-order valence-corrected chi connectivity index (χ3v) is 12.4. The molecule has 12 rings (SSSR count). The smallest absolute Gasteiger partial charge is 0.156 e. The first-order valence-corrected chi connectivity index (χ1v) is 20.0. The van der Waals surface area contributed by atoms with Gasteiger partial charge in [0, 0.05) is 50.0 Å². The van der Waals surface area contributed by atoms with Gasteiger partial charge in [0.15, 0.2) is 5.58 Å². The number of benzene rings is 9. The molecule has 0 amide bonds. The predicted molar refractivity (Wildman–Crippen MR) is 243 cm³/mol. The van der Waals surface area contributed by atoms with Gasteiger partial charge in [-0.3, -0.25) is 0 Å². The molecule has 0 spiro atoms. The van der Waals surface area contributed by atoms with Crippen molar-refractivity contribution in [2.24, 2.45) is 0 Å². The molecule has 0 saturated heterocycles. The van der Waals surface area contributed by atoms with Gasteiger partial charge in [-0.25, -0.2) is 0 Å². The van der Waals surface area contributed by atoms with Gasteiger partial charge in [0.25, 0.3) is 0 Å². The lowest BCUT2D eigenvalue weighted by Crippen LogP contribution is -2.15. The number of nitrogens with zero attached hydrogens (tertiary/aromatic N) is 2. The first kappa shape index (κ1) is 33.3. The number of para-hydroxylation sites is 2. The van der Waals surface area contributed by atoms with Crippen LogP contribution in [0, 0.1) is 11.3 Å².